The maximum Gasteiger partial charge on any atom is 0.356 e. The van der Waals surface area contributed by atoms with Crippen molar-refractivity contribution in [3.05, 3.63) is 28.5 Å². The number of ether oxygens (including phenoxy) is 1. The third-order valence-electron chi connectivity index (χ3n) is 1.45. The standard InChI is InChI=1S/C8H9ClN2O2/c1-13-8(12)7-3-5(9)2-6(4-10)11-7/h2-3H,4,10H2,1H3. The van der Waals surface area contributed by atoms with Crippen molar-refractivity contribution < 1.29 is 9.53 Å². The summed E-state index contributed by atoms with van der Waals surface area (Å²) >= 11 is 5.73. The molecule has 0 radical (unpaired) electrons. The van der Waals surface area contributed by atoms with E-state index in [1.54, 1.807) is 6.07 Å². The van der Waals surface area contributed by atoms with Gasteiger partial charge in [-0.2, -0.15) is 0 Å². The molecule has 0 fully saturated rings. The molecule has 4 nitrogen and oxygen atoms in total. The second-order valence-corrected chi connectivity index (χ2v) is 2.79. The van der Waals surface area contributed by atoms with Gasteiger partial charge in [0.2, 0.25) is 0 Å². The first kappa shape index (κ1) is 9.95. The normalized spacial score (nSPS) is 9.77. The van der Waals surface area contributed by atoms with Gasteiger partial charge < -0.3 is 10.5 Å². The van der Waals surface area contributed by atoms with E-state index in [2.05, 4.69) is 9.72 Å². The van der Waals surface area contributed by atoms with Crippen LogP contribution in [-0.4, -0.2) is 18.1 Å². The Morgan fingerprint density at radius 3 is 2.92 bits per heavy atom. The lowest BCUT2D eigenvalue weighted by Crippen LogP contribution is -2.08. The van der Waals surface area contributed by atoms with Crippen LogP contribution in [0.5, 0.6) is 0 Å². The molecule has 2 N–H and O–H groups in total. The molecule has 0 aliphatic carbocycles. The number of rotatable bonds is 2. The summed E-state index contributed by atoms with van der Waals surface area (Å²) in [7, 11) is 1.28. The summed E-state index contributed by atoms with van der Waals surface area (Å²) in [6.07, 6.45) is 0. The van der Waals surface area contributed by atoms with E-state index in [0.717, 1.165) is 0 Å². The highest BCUT2D eigenvalue weighted by atomic mass is 35.5. The van der Waals surface area contributed by atoms with Gasteiger partial charge in [0.05, 0.1) is 12.8 Å². The Kier molecular flexibility index (Phi) is 3.22. The minimum atomic E-state index is -0.516. The lowest BCUT2D eigenvalue weighted by molar-refractivity contribution is 0.0593. The van der Waals surface area contributed by atoms with E-state index in [4.69, 9.17) is 17.3 Å². The molecular weight excluding hydrogens is 192 g/mol. The van der Waals surface area contributed by atoms with Crippen molar-refractivity contribution >= 4 is 17.6 Å². The van der Waals surface area contributed by atoms with Gasteiger partial charge in [-0.1, -0.05) is 11.6 Å². The number of pyridine rings is 1. The topological polar surface area (TPSA) is 65.2 Å². The molecule has 0 atom stereocenters. The Bertz CT molecular complexity index is 328. The van der Waals surface area contributed by atoms with Crippen LogP contribution in [0.1, 0.15) is 16.2 Å². The zero-order valence-corrected chi connectivity index (χ0v) is 7.84. The number of carbonyl (C=O) groups excluding carboxylic acids is 1. The number of hydrogen-bond donors (Lipinski definition) is 1. The zero-order valence-electron chi connectivity index (χ0n) is 7.08. The minimum absolute atomic E-state index is 0.176. The number of aromatic nitrogens is 1. The molecule has 0 saturated heterocycles. The molecule has 13 heavy (non-hydrogen) atoms. The van der Waals surface area contributed by atoms with Crippen molar-refractivity contribution in [1.29, 1.82) is 0 Å². The monoisotopic (exact) mass is 200 g/mol. The van der Waals surface area contributed by atoms with Crippen LogP contribution in [-0.2, 0) is 11.3 Å². The molecular formula is C8H9ClN2O2. The molecule has 0 saturated carbocycles. The third-order valence-corrected chi connectivity index (χ3v) is 1.67. The van der Waals surface area contributed by atoms with Crippen molar-refractivity contribution in [2.45, 2.75) is 6.54 Å². The number of nitrogens with zero attached hydrogens (tertiary/aromatic N) is 1. The van der Waals surface area contributed by atoms with Crippen LogP contribution in [0.2, 0.25) is 5.02 Å². The molecule has 0 unspecified atom stereocenters. The van der Waals surface area contributed by atoms with Crippen LogP contribution in [0.25, 0.3) is 0 Å². The molecule has 0 aromatic carbocycles. The predicted octanol–water partition coefficient (Wildman–Crippen LogP) is 0.980. The summed E-state index contributed by atoms with van der Waals surface area (Å²) in [5, 5.41) is 0.427. The van der Waals surface area contributed by atoms with Gasteiger partial charge in [0.1, 0.15) is 5.69 Å². The second kappa shape index (κ2) is 4.20. The summed E-state index contributed by atoms with van der Waals surface area (Å²) in [4.78, 5) is 15.0. The maximum atomic E-state index is 11.0. The highest BCUT2D eigenvalue weighted by Gasteiger charge is 2.08. The van der Waals surface area contributed by atoms with Crippen LogP contribution in [0.3, 0.4) is 0 Å². The van der Waals surface area contributed by atoms with Gasteiger partial charge in [-0.05, 0) is 12.1 Å². The number of nitrogens with two attached hydrogens (primary N) is 1. The SMILES string of the molecule is COC(=O)c1cc(Cl)cc(CN)n1. The third kappa shape index (κ3) is 2.40. The molecule has 5 heteroatoms. The van der Waals surface area contributed by atoms with Crippen LogP contribution < -0.4 is 5.73 Å². The minimum Gasteiger partial charge on any atom is -0.464 e. The quantitative estimate of drug-likeness (QED) is 0.723. The van der Waals surface area contributed by atoms with E-state index >= 15 is 0 Å². The van der Waals surface area contributed by atoms with E-state index in [-0.39, 0.29) is 12.2 Å². The predicted molar refractivity (Wildman–Crippen MR) is 48.5 cm³/mol. The van der Waals surface area contributed by atoms with Gasteiger partial charge in [0.25, 0.3) is 0 Å². The van der Waals surface area contributed by atoms with Crippen molar-refractivity contribution in [3.63, 3.8) is 0 Å². The molecule has 0 spiro atoms. The molecule has 0 aliphatic rings. The van der Waals surface area contributed by atoms with Crippen LogP contribution in [0, 0.1) is 0 Å². The first-order chi connectivity index (χ1) is 6.17. The molecule has 1 aromatic rings. The molecule has 70 valence electrons. The fourth-order valence-electron chi connectivity index (χ4n) is 0.864. The van der Waals surface area contributed by atoms with Gasteiger partial charge >= 0.3 is 5.97 Å². The maximum absolute atomic E-state index is 11.0. The van der Waals surface area contributed by atoms with Crippen LogP contribution >= 0.6 is 11.6 Å². The average molecular weight is 201 g/mol. The highest BCUT2D eigenvalue weighted by Crippen LogP contribution is 2.12. The van der Waals surface area contributed by atoms with E-state index in [0.29, 0.717) is 10.7 Å². The smallest absolute Gasteiger partial charge is 0.356 e. The summed E-state index contributed by atoms with van der Waals surface area (Å²) in [5.41, 5.74) is 6.10. The molecule has 0 bridgehead atoms. The fourth-order valence-corrected chi connectivity index (χ4v) is 1.09. The molecule has 1 rings (SSSR count). The van der Waals surface area contributed by atoms with Crippen molar-refractivity contribution in [2.75, 3.05) is 7.11 Å². The molecule has 0 aliphatic heterocycles. The lowest BCUT2D eigenvalue weighted by atomic mass is 10.3. The van der Waals surface area contributed by atoms with Gasteiger partial charge in [0.15, 0.2) is 0 Å². The first-order valence-corrected chi connectivity index (χ1v) is 4.00. The number of halogens is 1. The fraction of sp³-hybridized carbons (Fsp3) is 0.250. The highest BCUT2D eigenvalue weighted by molar-refractivity contribution is 6.30. The number of methoxy groups -OCH3 is 1. The van der Waals surface area contributed by atoms with Crippen molar-refractivity contribution in [2.24, 2.45) is 5.73 Å². The number of hydrogen-bond acceptors (Lipinski definition) is 4. The molecule has 1 heterocycles. The Labute approximate surface area is 80.7 Å². The largest absolute Gasteiger partial charge is 0.464 e. The Morgan fingerprint density at radius 1 is 1.69 bits per heavy atom. The van der Waals surface area contributed by atoms with E-state index in [9.17, 15) is 4.79 Å². The van der Waals surface area contributed by atoms with Gasteiger partial charge in [-0.15, -0.1) is 0 Å². The Balaban J connectivity index is 3.08. The summed E-state index contributed by atoms with van der Waals surface area (Å²) in [5.74, 6) is -0.516. The van der Waals surface area contributed by atoms with Crippen molar-refractivity contribution in [3.8, 4) is 0 Å². The van der Waals surface area contributed by atoms with E-state index in [1.165, 1.54) is 13.2 Å². The summed E-state index contributed by atoms with van der Waals surface area (Å²) < 4.78 is 4.49. The van der Waals surface area contributed by atoms with Gasteiger partial charge in [-0.25, -0.2) is 9.78 Å². The summed E-state index contributed by atoms with van der Waals surface area (Å²) in [6, 6.07) is 3.04. The van der Waals surface area contributed by atoms with Crippen LogP contribution in [0.15, 0.2) is 12.1 Å². The average Bonchev–Trinajstić information content (AvgIpc) is 2.15. The number of carbonyl (C=O) groups is 1. The summed E-state index contributed by atoms with van der Waals surface area (Å²) in [6.45, 7) is 0.241. The van der Waals surface area contributed by atoms with E-state index in [1.807, 2.05) is 0 Å². The second-order valence-electron chi connectivity index (χ2n) is 2.36. The molecule has 0 amide bonds. The first-order valence-electron chi connectivity index (χ1n) is 3.62. The lowest BCUT2D eigenvalue weighted by Gasteiger charge is -2.01. The molecule has 1 aromatic heterocycles. The van der Waals surface area contributed by atoms with Crippen LogP contribution in [0.4, 0.5) is 0 Å². The van der Waals surface area contributed by atoms with Crippen molar-refractivity contribution in [1.82, 2.24) is 4.98 Å². The van der Waals surface area contributed by atoms with Gasteiger partial charge in [0, 0.05) is 11.6 Å². The Morgan fingerprint density at radius 2 is 2.38 bits per heavy atom. The number of esters is 1. The van der Waals surface area contributed by atoms with Gasteiger partial charge in [-0.3, -0.25) is 0 Å². The zero-order chi connectivity index (χ0) is 9.84. The Hall–Kier alpha value is -1.13. The van der Waals surface area contributed by atoms with E-state index < -0.39 is 5.97 Å².